The number of hydrogen-bond acceptors (Lipinski definition) is 4. The Balaban J connectivity index is 2.20. The fraction of sp³-hybridized carbons (Fsp3) is 0.364. The van der Waals surface area contributed by atoms with Gasteiger partial charge in [0, 0.05) is 30.6 Å². The molecule has 3 aromatic rings. The average molecular weight is 449 g/mol. The molecule has 6 nitrogen and oxygen atoms in total. The number of anilines is 3. The number of aromatic nitrogens is 2. The van der Waals surface area contributed by atoms with Gasteiger partial charge in [0.25, 0.3) is 0 Å². The molecule has 3 rings (SSSR count). The summed E-state index contributed by atoms with van der Waals surface area (Å²) < 4.78 is 7.40. The molecule has 2 aromatic carbocycles. The molecule has 0 fully saturated rings. The Morgan fingerprint density at radius 1 is 1.30 bits per heavy atom. The highest BCUT2D eigenvalue weighted by molar-refractivity contribution is 6.35. The number of halogens is 2. The molecule has 1 amide bonds. The minimum Gasteiger partial charge on any atom is -0.495 e. The first kappa shape index (κ1) is 22.2. The van der Waals surface area contributed by atoms with Crippen molar-refractivity contribution in [3.63, 3.8) is 0 Å². The van der Waals surface area contributed by atoms with E-state index >= 15 is 0 Å². The standard InChI is InChI=1S/C22H26Cl2N4O2/c1-7-18(29)28(12(2)3)20-15(24)8-9-16-21(20)27(5)22(25-16)26-19-13(4)10-14(23)11-17(19)30-6/h8-12H,7H2,1-6H3,(H,25,26). The molecule has 0 spiro atoms. The van der Waals surface area contributed by atoms with Crippen molar-refractivity contribution in [1.29, 1.82) is 0 Å². The molecule has 160 valence electrons. The third kappa shape index (κ3) is 3.94. The Bertz CT molecular complexity index is 1110. The molecule has 30 heavy (non-hydrogen) atoms. The summed E-state index contributed by atoms with van der Waals surface area (Å²) in [5, 5.41) is 4.46. The third-order valence-corrected chi connectivity index (χ3v) is 5.53. The molecular formula is C22H26Cl2N4O2. The van der Waals surface area contributed by atoms with Crippen LogP contribution in [0.1, 0.15) is 32.8 Å². The number of fused-ring (bicyclic) bond motifs is 1. The summed E-state index contributed by atoms with van der Waals surface area (Å²) in [5.41, 5.74) is 3.89. The minimum atomic E-state index is -0.0505. The summed E-state index contributed by atoms with van der Waals surface area (Å²) >= 11 is 12.7. The summed E-state index contributed by atoms with van der Waals surface area (Å²) in [6.07, 6.45) is 0.384. The van der Waals surface area contributed by atoms with E-state index in [0.29, 0.717) is 33.9 Å². The molecule has 0 saturated heterocycles. The van der Waals surface area contributed by atoms with Crippen molar-refractivity contribution in [3.8, 4) is 5.75 Å². The van der Waals surface area contributed by atoms with E-state index in [2.05, 4.69) is 5.32 Å². The van der Waals surface area contributed by atoms with E-state index in [-0.39, 0.29) is 11.9 Å². The second-order valence-corrected chi connectivity index (χ2v) is 8.24. The number of hydrogen-bond donors (Lipinski definition) is 1. The van der Waals surface area contributed by atoms with Crippen molar-refractivity contribution in [1.82, 2.24) is 9.55 Å². The molecular weight excluding hydrogens is 423 g/mol. The van der Waals surface area contributed by atoms with E-state index in [1.165, 1.54) is 0 Å². The summed E-state index contributed by atoms with van der Waals surface area (Å²) in [4.78, 5) is 19.2. The first-order chi connectivity index (χ1) is 14.2. The normalized spacial score (nSPS) is 11.2. The van der Waals surface area contributed by atoms with E-state index in [1.807, 2.05) is 51.4 Å². The Morgan fingerprint density at radius 3 is 2.60 bits per heavy atom. The van der Waals surface area contributed by atoms with Crippen LogP contribution in [0.15, 0.2) is 24.3 Å². The topological polar surface area (TPSA) is 59.4 Å². The maximum atomic E-state index is 12.7. The van der Waals surface area contributed by atoms with Gasteiger partial charge in [0.2, 0.25) is 11.9 Å². The maximum absolute atomic E-state index is 12.7. The van der Waals surface area contributed by atoms with E-state index in [9.17, 15) is 4.79 Å². The Morgan fingerprint density at radius 2 is 2.00 bits per heavy atom. The quantitative estimate of drug-likeness (QED) is 0.495. The number of imidazole rings is 1. The minimum absolute atomic E-state index is 0.00493. The van der Waals surface area contributed by atoms with Gasteiger partial charge in [-0.25, -0.2) is 4.98 Å². The van der Waals surface area contributed by atoms with Crippen LogP contribution in [0.3, 0.4) is 0 Å². The van der Waals surface area contributed by atoms with Crippen LogP contribution in [-0.4, -0.2) is 28.6 Å². The zero-order chi connectivity index (χ0) is 22.2. The van der Waals surface area contributed by atoms with Crippen LogP contribution in [0, 0.1) is 6.92 Å². The maximum Gasteiger partial charge on any atom is 0.227 e. The number of aryl methyl sites for hydroxylation is 2. The molecule has 0 atom stereocenters. The van der Waals surface area contributed by atoms with Gasteiger partial charge < -0.3 is 19.5 Å². The van der Waals surface area contributed by atoms with Gasteiger partial charge in [-0.05, 0) is 44.5 Å². The van der Waals surface area contributed by atoms with Crippen molar-refractivity contribution < 1.29 is 9.53 Å². The van der Waals surface area contributed by atoms with E-state index < -0.39 is 0 Å². The van der Waals surface area contributed by atoms with Crippen LogP contribution in [0.2, 0.25) is 10.0 Å². The van der Waals surface area contributed by atoms with Crippen molar-refractivity contribution in [3.05, 3.63) is 39.9 Å². The molecule has 0 aliphatic rings. The monoisotopic (exact) mass is 448 g/mol. The number of benzene rings is 2. The largest absolute Gasteiger partial charge is 0.495 e. The lowest BCUT2D eigenvalue weighted by molar-refractivity contribution is -0.118. The number of carbonyl (C=O) groups is 1. The van der Waals surface area contributed by atoms with Crippen molar-refractivity contribution in [2.45, 2.75) is 40.2 Å². The first-order valence-electron chi connectivity index (χ1n) is 9.77. The van der Waals surface area contributed by atoms with Crippen molar-refractivity contribution >= 4 is 57.5 Å². The van der Waals surface area contributed by atoms with E-state index in [4.69, 9.17) is 32.9 Å². The number of nitrogens with one attached hydrogen (secondary N) is 1. The summed E-state index contributed by atoms with van der Waals surface area (Å²) in [6.45, 7) is 7.74. The molecule has 0 unspecified atom stereocenters. The lowest BCUT2D eigenvalue weighted by Gasteiger charge is -2.28. The predicted octanol–water partition coefficient (Wildman–Crippen LogP) is 6.09. The van der Waals surface area contributed by atoms with Gasteiger partial charge >= 0.3 is 0 Å². The summed E-state index contributed by atoms with van der Waals surface area (Å²) in [6, 6.07) is 7.20. The van der Waals surface area contributed by atoms with Crippen LogP contribution in [0.4, 0.5) is 17.3 Å². The van der Waals surface area contributed by atoms with Crippen LogP contribution >= 0.6 is 23.2 Å². The fourth-order valence-corrected chi connectivity index (χ4v) is 4.09. The third-order valence-electron chi connectivity index (χ3n) is 5.01. The smallest absolute Gasteiger partial charge is 0.227 e. The highest BCUT2D eigenvalue weighted by atomic mass is 35.5. The van der Waals surface area contributed by atoms with Gasteiger partial charge in [-0.1, -0.05) is 30.1 Å². The number of amides is 1. The second kappa shape index (κ2) is 8.74. The molecule has 0 aliphatic carbocycles. The van der Waals surface area contributed by atoms with Crippen molar-refractivity contribution in [2.75, 3.05) is 17.3 Å². The van der Waals surface area contributed by atoms with E-state index in [0.717, 1.165) is 22.3 Å². The molecule has 0 saturated carbocycles. The fourth-order valence-electron chi connectivity index (χ4n) is 3.59. The van der Waals surface area contributed by atoms with Gasteiger partial charge in [-0.3, -0.25) is 4.79 Å². The lowest BCUT2D eigenvalue weighted by atomic mass is 10.2. The number of carbonyl (C=O) groups excluding carboxylic acids is 1. The van der Waals surface area contributed by atoms with Gasteiger partial charge in [0.15, 0.2) is 0 Å². The Labute approximate surface area is 186 Å². The molecule has 1 heterocycles. The predicted molar refractivity (Wildman–Crippen MR) is 125 cm³/mol. The highest BCUT2D eigenvalue weighted by Gasteiger charge is 2.25. The number of nitrogens with zero attached hydrogens (tertiary/aromatic N) is 3. The lowest BCUT2D eigenvalue weighted by Crippen LogP contribution is -2.37. The number of ether oxygens (including phenoxy) is 1. The van der Waals surface area contributed by atoms with Gasteiger partial charge in [-0.2, -0.15) is 0 Å². The van der Waals surface area contributed by atoms with Gasteiger partial charge in [0.1, 0.15) is 5.75 Å². The summed E-state index contributed by atoms with van der Waals surface area (Å²) in [5.74, 6) is 1.23. The molecule has 1 N–H and O–H groups in total. The molecule has 8 heteroatoms. The van der Waals surface area contributed by atoms with Gasteiger partial charge in [-0.15, -0.1) is 0 Å². The van der Waals surface area contributed by atoms with Crippen LogP contribution in [-0.2, 0) is 11.8 Å². The zero-order valence-corrected chi connectivity index (χ0v) is 19.5. The van der Waals surface area contributed by atoms with Crippen molar-refractivity contribution in [2.24, 2.45) is 7.05 Å². The number of rotatable bonds is 6. The molecule has 0 aliphatic heterocycles. The first-order valence-corrected chi connectivity index (χ1v) is 10.5. The zero-order valence-electron chi connectivity index (χ0n) is 18.0. The number of methoxy groups -OCH3 is 1. The van der Waals surface area contributed by atoms with Crippen LogP contribution < -0.4 is 15.0 Å². The summed E-state index contributed by atoms with van der Waals surface area (Å²) in [7, 11) is 3.49. The molecule has 0 bridgehead atoms. The van der Waals surface area contributed by atoms with Crippen LogP contribution in [0.25, 0.3) is 11.0 Å². The molecule has 0 radical (unpaired) electrons. The van der Waals surface area contributed by atoms with E-state index in [1.54, 1.807) is 24.1 Å². The Kier molecular flexibility index (Phi) is 6.48. The van der Waals surface area contributed by atoms with Gasteiger partial charge in [0.05, 0.1) is 34.5 Å². The molecule has 1 aromatic heterocycles. The Hall–Kier alpha value is -2.44. The highest BCUT2D eigenvalue weighted by Crippen LogP contribution is 2.39. The average Bonchev–Trinajstić information content (AvgIpc) is 3.00. The second-order valence-electron chi connectivity index (χ2n) is 7.39. The SMILES string of the molecule is CCC(=O)N(c1c(Cl)ccc2nc(Nc3c(C)cc(Cl)cc3OC)n(C)c12)C(C)C. The van der Waals surface area contributed by atoms with Crippen LogP contribution in [0.5, 0.6) is 5.75 Å².